The molecular weight excluding hydrogens is 480 g/mol. The summed E-state index contributed by atoms with van der Waals surface area (Å²) in [7, 11) is 0. The summed E-state index contributed by atoms with van der Waals surface area (Å²) in [6, 6.07) is 29.6. The molecule has 5 aromatic rings. The Labute approximate surface area is 235 Å². The molecule has 0 radical (unpaired) electrons. The number of benzene rings is 3. The van der Waals surface area contributed by atoms with Crippen LogP contribution in [0.5, 0.6) is 0 Å². The lowest BCUT2D eigenvalue weighted by Crippen LogP contribution is -1.80. The van der Waals surface area contributed by atoms with E-state index in [4.69, 9.17) is 4.42 Å². The average molecular weight is 527 g/mol. The first-order valence-electron chi connectivity index (χ1n) is 13.2. The Balaban J connectivity index is 0.000000248. The van der Waals surface area contributed by atoms with Gasteiger partial charge in [0.25, 0.3) is 0 Å². The van der Waals surface area contributed by atoms with Crippen LogP contribution in [0.4, 0.5) is 0 Å². The Bertz CT molecular complexity index is 1210. The molecule has 38 heavy (non-hydrogen) atoms. The summed E-state index contributed by atoms with van der Waals surface area (Å²) in [5.74, 6) is 1.97. The first-order chi connectivity index (χ1) is 18.1. The molecule has 202 valence electrons. The molecule has 0 amide bonds. The van der Waals surface area contributed by atoms with Crippen LogP contribution in [0.3, 0.4) is 0 Å². The highest BCUT2D eigenvalue weighted by molar-refractivity contribution is 7.11. The van der Waals surface area contributed by atoms with E-state index in [1.165, 1.54) is 42.8 Å². The van der Waals surface area contributed by atoms with Crippen LogP contribution in [-0.4, -0.2) is 0 Å². The fourth-order valence-electron chi connectivity index (χ4n) is 3.35. The van der Waals surface area contributed by atoms with Crippen LogP contribution in [0.15, 0.2) is 101 Å². The Morgan fingerprint density at radius 2 is 0.842 bits per heavy atom. The Hall–Kier alpha value is -3.36. The fraction of sp³-hybridized carbons (Fsp3) is 0.278. The maximum atomic E-state index is 5.08. The van der Waals surface area contributed by atoms with Gasteiger partial charge in [-0.1, -0.05) is 83.9 Å². The third-order valence-electron chi connectivity index (χ3n) is 5.66. The molecule has 3 aromatic carbocycles. The lowest BCUT2D eigenvalue weighted by Gasteiger charge is -2.03. The second-order valence-electron chi connectivity index (χ2n) is 9.38. The molecule has 0 aliphatic heterocycles. The number of furan rings is 1. The quantitative estimate of drug-likeness (QED) is 0.183. The zero-order chi connectivity index (χ0) is 28.5. The predicted molar refractivity (Wildman–Crippen MR) is 172 cm³/mol. The number of thiophene rings is 1. The average Bonchev–Trinajstić information content (AvgIpc) is 3.49. The van der Waals surface area contributed by atoms with E-state index in [9.17, 15) is 0 Å². The highest BCUT2D eigenvalue weighted by Gasteiger charge is 1.97. The van der Waals surface area contributed by atoms with Gasteiger partial charge in [-0.3, -0.25) is 0 Å². The zero-order valence-electron chi connectivity index (χ0n) is 25.1. The van der Waals surface area contributed by atoms with Crippen LogP contribution in [0.2, 0.25) is 0 Å². The molecule has 2 aromatic heterocycles. The smallest absolute Gasteiger partial charge is 0.101 e. The number of hydrogen-bond acceptors (Lipinski definition) is 2. The van der Waals surface area contributed by atoms with Crippen molar-refractivity contribution in [2.75, 3.05) is 0 Å². The van der Waals surface area contributed by atoms with E-state index in [0.717, 1.165) is 11.5 Å². The molecule has 0 unspecified atom stereocenters. The topological polar surface area (TPSA) is 13.1 Å². The Morgan fingerprint density at radius 1 is 0.474 bits per heavy atom. The summed E-state index contributed by atoms with van der Waals surface area (Å²) in [5.41, 5.74) is 5.37. The molecule has 0 fully saturated rings. The van der Waals surface area contributed by atoms with Crippen molar-refractivity contribution >= 4 is 22.1 Å². The predicted octanol–water partition coefficient (Wildman–Crippen LogP) is 11.6. The van der Waals surface area contributed by atoms with Gasteiger partial charge in [0.15, 0.2) is 0 Å². The maximum Gasteiger partial charge on any atom is 0.101 e. The normalized spacial score (nSPS) is 9.74. The standard InChI is InChI=1S/C12H12.C8H10.C6H8O.C6H8S.C4H8/c1-9-7-8-10(2)12-6-4-3-5-11(9)12;1-7-3-5-8(2)6-4-7;2*1-5-3-4-6(2)7-5;1-3-4-2/h3-8H,1-2H3;3-6H,1-2H3;2*3-4H,1-2H3;3-4H,1-2H3. The second kappa shape index (κ2) is 18.0. The van der Waals surface area contributed by atoms with Gasteiger partial charge in [-0.05, 0) is 115 Å². The van der Waals surface area contributed by atoms with Gasteiger partial charge in [-0.2, -0.15) is 0 Å². The Kier molecular flexibility index (Phi) is 15.5. The largest absolute Gasteiger partial charge is 0.467 e. The van der Waals surface area contributed by atoms with Crippen molar-refractivity contribution < 1.29 is 4.42 Å². The van der Waals surface area contributed by atoms with Crippen molar-refractivity contribution in [2.45, 2.75) is 69.2 Å². The lowest BCUT2D eigenvalue weighted by molar-refractivity contribution is 0.504. The van der Waals surface area contributed by atoms with Gasteiger partial charge in [0.05, 0.1) is 0 Å². The second-order valence-corrected chi connectivity index (χ2v) is 10.9. The number of rotatable bonds is 0. The summed E-state index contributed by atoms with van der Waals surface area (Å²) < 4.78 is 5.08. The van der Waals surface area contributed by atoms with Crippen molar-refractivity contribution in [1.82, 2.24) is 0 Å². The van der Waals surface area contributed by atoms with Crippen LogP contribution >= 0.6 is 11.3 Å². The van der Waals surface area contributed by atoms with Gasteiger partial charge >= 0.3 is 0 Å². The monoisotopic (exact) mass is 526 g/mol. The van der Waals surface area contributed by atoms with E-state index in [2.05, 4.69) is 114 Å². The number of fused-ring (bicyclic) bond motifs is 1. The van der Waals surface area contributed by atoms with Crippen LogP contribution in [0, 0.1) is 55.4 Å². The fourth-order valence-corrected chi connectivity index (χ4v) is 4.13. The van der Waals surface area contributed by atoms with Gasteiger partial charge in [0.1, 0.15) is 11.5 Å². The molecule has 0 aliphatic carbocycles. The van der Waals surface area contributed by atoms with Gasteiger partial charge in [0.2, 0.25) is 0 Å². The molecule has 2 heteroatoms. The SMILES string of the molecule is CC=CC.Cc1ccc(C)c2ccccc12.Cc1ccc(C)cc1.Cc1ccc(C)o1.Cc1ccc(C)s1. The minimum Gasteiger partial charge on any atom is -0.467 e. The first kappa shape index (κ1) is 32.7. The van der Waals surface area contributed by atoms with Crippen molar-refractivity contribution in [1.29, 1.82) is 0 Å². The molecule has 0 N–H and O–H groups in total. The molecule has 0 spiro atoms. The molecular formula is C36H46OS. The highest BCUT2D eigenvalue weighted by atomic mass is 32.1. The molecule has 0 bridgehead atoms. The molecule has 0 saturated carbocycles. The minimum atomic E-state index is 0.984. The molecule has 0 saturated heterocycles. The van der Waals surface area contributed by atoms with Crippen LogP contribution in [0.25, 0.3) is 10.8 Å². The minimum absolute atomic E-state index is 0.984. The summed E-state index contributed by atoms with van der Waals surface area (Å²) >= 11 is 1.84. The summed E-state index contributed by atoms with van der Waals surface area (Å²) in [5, 5.41) is 2.75. The van der Waals surface area contributed by atoms with Gasteiger partial charge < -0.3 is 4.42 Å². The Morgan fingerprint density at radius 3 is 1.08 bits per heavy atom. The van der Waals surface area contributed by atoms with Crippen molar-refractivity contribution in [3.05, 3.63) is 141 Å². The van der Waals surface area contributed by atoms with E-state index in [0.29, 0.717) is 0 Å². The van der Waals surface area contributed by atoms with Crippen molar-refractivity contribution in [3.63, 3.8) is 0 Å². The van der Waals surface area contributed by atoms with Crippen molar-refractivity contribution in [2.24, 2.45) is 0 Å². The third-order valence-corrected chi connectivity index (χ3v) is 6.58. The van der Waals surface area contributed by atoms with Crippen LogP contribution in [0.1, 0.15) is 57.4 Å². The number of aryl methyl sites for hydroxylation is 8. The molecule has 0 aliphatic rings. The van der Waals surface area contributed by atoms with Crippen LogP contribution in [-0.2, 0) is 0 Å². The maximum absolute atomic E-state index is 5.08. The van der Waals surface area contributed by atoms with E-state index in [1.54, 1.807) is 0 Å². The van der Waals surface area contributed by atoms with Crippen molar-refractivity contribution in [3.8, 4) is 0 Å². The van der Waals surface area contributed by atoms with E-state index < -0.39 is 0 Å². The molecule has 5 rings (SSSR count). The first-order valence-corrected chi connectivity index (χ1v) is 14.0. The number of allylic oxidation sites excluding steroid dienone is 2. The highest BCUT2D eigenvalue weighted by Crippen LogP contribution is 2.21. The van der Waals surface area contributed by atoms with Gasteiger partial charge in [-0.25, -0.2) is 0 Å². The van der Waals surface area contributed by atoms with Gasteiger partial charge in [-0.15, -0.1) is 11.3 Å². The zero-order valence-corrected chi connectivity index (χ0v) is 25.9. The number of hydrogen-bond donors (Lipinski definition) is 0. The van der Waals surface area contributed by atoms with Gasteiger partial charge in [0, 0.05) is 9.75 Å². The lowest BCUT2D eigenvalue weighted by atomic mass is 10.0. The molecule has 0 atom stereocenters. The van der Waals surface area contributed by atoms with E-state index in [1.807, 2.05) is 63.3 Å². The van der Waals surface area contributed by atoms with E-state index >= 15 is 0 Å². The van der Waals surface area contributed by atoms with E-state index in [-0.39, 0.29) is 0 Å². The van der Waals surface area contributed by atoms with Crippen LogP contribution < -0.4 is 0 Å². The molecule has 1 nitrogen and oxygen atoms in total. The summed E-state index contributed by atoms with van der Waals surface area (Å²) in [6.07, 6.45) is 4.00. The summed E-state index contributed by atoms with van der Waals surface area (Å²) in [4.78, 5) is 2.80. The third kappa shape index (κ3) is 13.3. The molecule has 2 heterocycles. The summed E-state index contributed by atoms with van der Waals surface area (Å²) in [6.45, 7) is 20.6.